The van der Waals surface area contributed by atoms with E-state index >= 15 is 0 Å². The van der Waals surface area contributed by atoms with E-state index in [1.165, 1.54) is 24.3 Å². The van der Waals surface area contributed by atoms with E-state index in [-0.39, 0.29) is 22.8 Å². The van der Waals surface area contributed by atoms with Crippen LogP contribution in [0.3, 0.4) is 0 Å². The van der Waals surface area contributed by atoms with E-state index in [0.717, 1.165) is 12.1 Å². The Morgan fingerprint density at radius 3 is 2.42 bits per heavy atom. The van der Waals surface area contributed by atoms with Crippen molar-refractivity contribution in [3.8, 4) is 0 Å². The largest absolute Gasteiger partial charge is 0.475 e. The molecule has 0 bridgehead atoms. The fraction of sp³-hybridized carbons (Fsp3) is 0. The molecule has 0 atom stereocenters. The van der Waals surface area contributed by atoms with Gasteiger partial charge in [0.25, 0.3) is 5.69 Å². The molecular formula is C12H7NO6. The summed E-state index contributed by atoms with van der Waals surface area (Å²) in [7, 11) is 0. The Hall–Kier alpha value is -2.96. The summed E-state index contributed by atoms with van der Waals surface area (Å²) in [4.78, 5) is 32.5. The van der Waals surface area contributed by atoms with Crippen LogP contribution in [-0.4, -0.2) is 21.8 Å². The van der Waals surface area contributed by atoms with Crippen LogP contribution < -0.4 is 0 Å². The third-order valence-corrected chi connectivity index (χ3v) is 2.36. The molecule has 2 rings (SSSR count). The Balaban J connectivity index is 2.35. The van der Waals surface area contributed by atoms with Crippen molar-refractivity contribution in [2.45, 2.75) is 0 Å². The van der Waals surface area contributed by atoms with Crippen molar-refractivity contribution in [2.24, 2.45) is 0 Å². The molecule has 0 amide bonds. The first-order valence-electron chi connectivity index (χ1n) is 5.11. The summed E-state index contributed by atoms with van der Waals surface area (Å²) in [6, 6.07) is 7.47. The lowest BCUT2D eigenvalue weighted by molar-refractivity contribution is -0.384. The highest BCUT2D eigenvalue weighted by Gasteiger charge is 2.18. The number of furan rings is 1. The van der Waals surface area contributed by atoms with Crippen LogP contribution in [0.2, 0.25) is 0 Å². The monoisotopic (exact) mass is 261 g/mol. The molecule has 0 saturated heterocycles. The Kier molecular flexibility index (Phi) is 3.11. The second-order valence-electron chi connectivity index (χ2n) is 3.61. The summed E-state index contributed by atoms with van der Waals surface area (Å²) in [5, 5.41) is 19.3. The number of carboxylic acids is 1. The molecule has 0 aliphatic heterocycles. The first-order valence-corrected chi connectivity index (χ1v) is 5.11. The summed E-state index contributed by atoms with van der Waals surface area (Å²) in [6.45, 7) is 0. The second-order valence-corrected chi connectivity index (χ2v) is 3.61. The van der Waals surface area contributed by atoms with Gasteiger partial charge in [0.15, 0.2) is 5.76 Å². The van der Waals surface area contributed by atoms with Crippen molar-refractivity contribution in [1.29, 1.82) is 0 Å². The molecular weight excluding hydrogens is 254 g/mol. The maximum atomic E-state index is 11.9. The van der Waals surface area contributed by atoms with Crippen LogP contribution in [-0.2, 0) is 0 Å². The van der Waals surface area contributed by atoms with E-state index in [9.17, 15) is 19.7 Å². The zero-order valence-corrected chi connectivity index (χ0v) is 9.40. The lowest BCUT2D eigenvalue weighted by atomic mass is 10.1. The predicted molar refractivity (Wildman–Crippen MR) is 62.2 cm³/mol. The number of carboxylic acid groups (broad SMARTS) is 1. The fourth-order valence-electron chi connectivity index (χ4n) is 1.48. The van der Waals surface area contributed by atoms with Gasteiger partial charge in [0.1, 0.15) is 0 Å². The van der Waals surface area contributed by atoms with Crippen molar-refractivity contribution in [1.82, 2.24) is 0 Å². The number of hydrogen-bond acceptors (Lipinski definition) is 5. The van der Waals surface area contributed by atoms with Gasteiger partial charge in [-0.15, -0.1) is 0 Å². The Morgan fingerprint density at radius 1 is 1.16 bits per heavy atom. The number of non-ortho nitro benzene ring substituents is 1. The van der Waals surface area contributed by atoms with Gasteiger partial charge in [-0.1, -0.05) is 12.1 Å². The first kappa shape index (κ1) is 12.5. The van der Waals surface area contributed by atoms with Crippen molar-refractivity contribution < 1.29 is 24.0 Å². The number of nitro benzene ring substituents is 1. The van der Waals surface area contributed by atoms with Gasteiger partial charge in [-0.25, -0.2) is 4.79 Å². The van der Waals surface area contributed by atoms with Crippen LogP contribution in [0.4, 0.5) is 5.69 Å². The number of rotatable bonds is 4. The maximum absolute atomic E-state index is 11.9. The van der Waals surface area contributed by atoms with Crippen molar-refractivity contribution in [3.05, 3.63) is 63.6 Å². The minimum atomic E-state index is -1.29. The third-order valence-electron chi connectivity index (χ3n) is 2.36. The standard InChI is InChI=1S/C12H7NO6/c14-11(9-4-5-10(19-9)12(15)16)7-2-1-3-8(6-7)13(17)18/h1-6H,(H,15,16). The Bertz CT molecular complexity index is 672. The molecule has 0 fully saturated rings. The minimum Gasteiger partial charge on any atom is -0.475 e. The van der Waals surface area contributed by atoms with Crippen molar-refractivity contribution in [2.75, 3.05) is 0 Å². The molecule has 96 valence electrons. The minimum absolute atomic E-state index is 0.0560. The molecule has 1 heterocycles. The Morgan fingerprint density at radius 2 is 1.84 bits per heavy atom. The fourth-order valence-corrected chi connectivity index (χ4v) is 1.48. The van der Waals surface area contributed by atoms with Gasteiger partial charge >= 0.3 is 5.97 Å². The van der Waals surface area contributed by atoms with E-state index in [2.05, 4.69) is 0 Å². The quantitative estimate of drug-likeness (QED) is 0.512. The van der Waals surface area contributed by atoms with E-state index in [4.69, 9.17) is 9.52 Å². The molecule has 1 aromatic carbocycles. The van der Waals surface area contributed by atoms with E-state index in [1.54, 1.807) is 0 Å². The zero-order valence-electron chi connectivity index (χ0n) is 9.40. The molecule has 0 aliphatic rings. The van der Waals surface area contributed by atoms with Crippen molar-refractivity contribution in [3.63, 3.8) is 0 Å². The van der Waals surface area contributed by atoms with Gasteiger partial charge in [0.2, 0.25) is 11.5 Å². The molecule has 7 heteroatoms. The molecule has 19 heavy (non-hydrogen) atoms. The number of ketones is 1. The van der Waals surface area contributed by atoms with Gasteiger partial charge in [0, 0.05) is 17.7 Å². The van der Waals surface area contributed by atoms with Gasteiger partial charge in [0.05, 0.1) is 4.92 Å². The molecule has 1 N–H and O–H groups in total. The third kappa shape index (κ3) is 2.49. The topological polar surface area (TPSA) is 111 Å². The number of carbonyl (C=O) groups excluding carboxylic acids is 1. The number of nitro groups is 1. The lowest BCUT2D eigenvalue weighted by Crippen LogP contribution is -2.01. The molecule has 2 aromatic rings. The van der Waals surface area contributed by atoms with E-state index in [1.807, 2.05) is 0 Å². The second kappa shape index (κ2) is 4.73. The Labute approximate surface area is 106 Å². The number of carbonyl (C=O) groups is 2. The summed E-state index contributed by atoms with van der Waals surface area (Å²) in [6.07, 6.45) is 0. The van der Waals surface area contributed by atoms with Crippen LogP contribution in [0.5, 0.6) is 0 Å². The molecule has 0 unspecified atom stereocenters. The van der Waals surface area contributed by atoms with Gasteiger partial charge in [-0.2, -0.15) is 0 Å². The van der Waals surface area contributed by atoms with Crippen LogP contribution in [0.15, 0.2) is 40.8 Å². The lowest BCUT2D eigenvalue weighted by Gasteiger charge is -1.97. The molecule has 1 aromatic heterocycles. The number of benzene rings is 1. The number of aromatic carboxylic acids is 1. The number of hydrogen-bond donors (Lipinski definition) is 1. The molecule has 7 nitrogen and oxygen atoms in total. The average Bonchev–Trinajstić information content (AvgIpc) is 2.87. The van der Waals surface area contributed by atoms with Crippen LogP contribution in [0.1, 0.15) is 26.7 Å². The van der Waals surface area contributed by atoms with Crippen LogP contribution >= 0.6 is 0 Å². The van der Waals surface area contributed by atoms with Gasteiger partial charge in [-0.3, -0.25) is 14.9 Å². The number of nitrogens with zero attached hydrogens (tertiary/aromatic N) is 1. The molecule has 0 aliphatic carbocycles. The van der Waals surface area contributed by atoms with Gasteiger partial charge in [-0.05, 0) is 12.1 Å². The van der Waals surface area contributed by atoms with E-state index in [0.29, 0.717) is 0 Å². The average molecular weight is 261 g/mol. The molecule has 0 spiro atoms. The molecule has 0 saturated carbocycles. The van der Waals surface area contributed by atoms with Gasteiger partial charge < -0.3 is 9.52 Å². The highest BCUT2D eigenvalue weighted by atomic mass is 16.6. The summed E-state index contributed by atoms with van der Waals surface area (Å²) >= 11 is 0. The smallest absolute Gasteiger partial charge is 0.371 e. The highest BCUT2D eigenvalue weighted by Crippen LogP contribution is 2.18. The normalized spacial score (nSPS) is 10.1. The maximum Gasteiger partial charge on any atom is 0.371 e. The first-order chi connectivity index (χ1) is 8.99. The summed E-state index contributed by atoms with van der Waals surface area (Å²) in [5.74, 6) is -2.46. The van der Waals surface area contributed by atoms with E-state index < -0.39 is 16.7 Å². The van der Waals surface area contributed by atoms with Crippen LogP contribution in [0, 0.1) is 10.1 Å². The van der Waals surface area contributed by atoms with Crippen molar-refractivity contribution >= 4 is 17.4 Å². The predicted octanol–water partition coefficient (Wildman–Crippen LogP) is 2.12. The summed E-state index contributed by atoms with van der Waals surface area (Å²) < 4.78 is 4.84. The SMILES string of the molecule is O=C(O)c1ccc(C(=O)c2cccc([N+](=O)[O-])c2)o1. The molecule has 0 radical (unpaired) electrons. The summed E-state index contributed by atoms with van der Waals surface area (Å²) in [5.41, 5.74) is -0.170. The van der Waals surface area contributed by atoms with Crippen LogP contribution in [0.25, 0.3) is 0 Å². The highest BCUT2D eigenvalue weighted by molar-refractivity contribution is 6.07. The zero-order chi connectivity index (χ0) is 14.0.